The van der Waals surface area contributed by atoms with Gasteiger partial charge in [0.05, 0.1) is 31.0 Å². The van der Waals surface area contributed by atoms with Crippen molar-refractivity contribution in [2.75, 3.05) is 36.1 Å². The SMILES string of the molecule is Cc1ccc(Oc2ccc(N3C(=S)N[C@H](c4ccccn4)[C@H]3c3cc(C)n(-c4ccc(N5CCOCC5)cc4)c3C)cc2)cc1. The van der Waals surface area contributed by atoms with E-state index < -0.39 is 0 Å². The number of morpholine rings is 1. The van der Waals surface area contributed by atoms with Crippen molar-refractivity contribution in [1.29, 1.82) is 0 Å². The number of pyridine rings is 1. The minimum absolute atomic E-state index is 0.108. The van der Waals surface area contributed by atoms with E-state index in [0.29, 0.717) is 5.11 Å². The average molecular weight is 616 g/mol. The highest BCUT2D eigenvalue weighted by atomic mass is 32.1. The molecule has 2 aromatic heterocycles. The van der Waals surface area contributed by atoms with Crippen LogP contribution in [0.4, 0.5) is 11.4 Å². The third-order valence-corrected chi connectivity index (χ3v) is 9.06. The molecular formula is C37H37N5O2S. The molecule has 7 rings (SSSR count). The van der Waals surface area contributed by atoms with Crippen molar-refractivity contribution in [1.82, 2.24) is 14.9 Å². The van der Waals surface area contributed by atoms with Gasteiger partial charge in [-0.1, -0.05) is 23.8 Å². The fourth-order valence-electron chi connectivity index (χ4n) is 6.48. The number of rotatable bonds is 7. The molecule has 5 aromatic rings. The molecule has 1 N–H and O–H groups in total. The Morgan fingerprint density at radius 1 is 0.800 bits per heavy atom. The Labute approximate surface area is 270 Å². The predicted molar refractivity (Wildman–Crippen MR) is 184 cm³/mol. The Morgan fingerprint density at radius 2 is 1.44 bits per heavy atom. The Bertz CT molecular complexity index is 1780. The van der Waals surface area contributed by atoms with E-state index in [1.807, 2.05) is 42.6 Å². The van der Waals surface area contributed by atoms with E-state index >= 15 is 0 Å². The maximum Gasteiger partial charge on any atom is 0.174 e. The van der Waals surface area contributed by atoms with Crippen LogP contribution >= 0.6 is 12.2 Å². The zero-order valence-electron chi connectivity index (χ0n) is 25.8. The van der Waals surface area contributed by atoms with Gasteiger partial charge in [-0.2, -0.15) is 0 Å². The van der Waals surface area contributed by atoms with Crippen LogP contribution in [0, 0.1) is 20.8 Å². The number of hydrogen-bond donors (Lipinski definition) is 1. The normalized spacial score (nSPS) is 18.2. The van der Waals surface area contributed by atoms with Crippen molar-refractivity contribution in [3.8, 4) is 17.2 Å². The first kappa shape index (κ1) is 29.1. The molecule has 2 aliphatic rings. The summed E-state index contributed by atoms with van der Waals surface area (Å²) in [7, 11) is 0. The second kappa shape index (κ2) is 12.4. The highest BCUT2D eigenvalue weighted by Gasteiger charge is 2.42. The van der Waals surface area contributed by atoms with E-state index in [4.69, 9.17) is 26.7 Å². The molecule has 0 amide bonds. The first-order valence-electron chi connectivity index (χ1n) is 15.4. The molecule has 0 bridgehead atoms. The van der Waals surface area contributed by atoms with Crippen molar-refractivity contribution in [3.05, 3.63) is 131 Å². The summed E-state index contributed by atoms with van der Waals surface area (Å²) in [6, 6.07) is 33.2. The topological polar surface area (TPSA) is 54.8 Å². The molecule has 4 heterocycles. The summed E-state index contributed by atoms with van der Waals surface area (Å²) in [5, 5.41) is 4.27. The quantitative estimate of drug-likeness (QED) is 0.189. The summed E-state index contributed by atoms with van der Waals surface area (Å²) in [5.41, 5.74) is 9.05. The summed E-state index contributed by atoms with van der Waals surface area (Å²) in [4.78, 5) is 9.35. The summed E-state index contributed by atoms with van der Waals surface area (Å²) < 4.78 is 14.0. The first-order valence-corrected chi connectivity index (χ1v) is 15.8. The highest BCUT2D eigenvalue weighted by Crippen LogP contribution is 2.44. The predicted octanol–water partition coefficient (Wildman–Crippen LogP) is 7.60. The highest BCUT2D eigenvalue weighted by molar-refractivity contribution is 7.80. The minimum Gasteiger partial charge on any atom is -0.457 e. The van der Waals surface area contributed by atoms with Gasteiger partial charge >= 0.3 is 0 Å². The van der Waals surface area contributed by atoms with Gasteiger partial charge in [-0.3, -0.25) is 4.98 Å². The number of anilines is 2. The van der Waals surface area contributed by atoms with Gasteiger partial charge in [0.2, 0.25) is 0 Å². The van der Waals surface area contributed by atoms with Crippen LogP contribution in [0.15, 0.2) is 103 Å². The molecule has 228 valence electrons. The molecule has 0 radical (unpaired) electrons. The number of thiocarbonyl (C=S) groups is 1. The molecule has 0 saturated carbocycles. The first-order chi connectivity index (χ1) is 22.0. The fraction of sp³-hybridized carbons (Fsp3) is 0.243. The Kier molecular flexibility index (Phi) is 8.00. The number of benzene rings is 3. The summed E-state index contributed by atoms with van der Waals surface area (Å²) in [6.45, 7) is 9.83. The van der Waals surface area contributed by atoms with Gasteiger partial charge in [0.1, 0.15) is 11.5 Å². The van der Waals surface area contributed by atoms with Crippen molar-refractivity contribution in [2.24, 2.45) is 0 Å². The summed E-state index contributed by atoms with van der Waals surface area (Å²) in [5.74, 6) is 1.59. The monoisotopic (exact) mass is 615 g/mol. The van der Waals surface area contributed by atoms with Crippen LogP contribution < -0.4 is 19.9 Å². The van der Waals surface area contributed by atoms with Gasteiger partial charge in [-0.15, -0.1) is 0 Å². The minimum atomic E-state index is -0.125. The van der Waals surface area contributed by atoms with Crippen LogP contribution in [-0.4, -0.2) is 41.0 Å². The van der Waals surface area contributed by atoms with Crippen LogP contribution in [0.3, 0.4) is 0 Å². The summed E-state index contributed by atoms with van der Waals surface area (Å²) >= 11 is 6.01. The zero-order valence-corrected chi connectivity index (χ0v) is 26.6. The maximum absolute atomic E-state index is 6.12. The Hall–Kier alpha value is -4.66. The number of aromatic nitrogens is 2. The van der Waals surface area contributed by atoms with Gasteiger partial charge in [0.25, 0.3) is 0 Å². The lowest BCUT2D eigenvalue weighted by Gasteiger charge is -2.29. The molecule has 0 spiro atoms. The molecule has 2 aliphatic heterocycles. The lowest BCUT2D eigenvalue weighted by Crippen LogP contribution is -2.36. The second-order valence-corrected chi connectivity index (χ2v) is 12.1. The van der Waals surface area contributed by atoms with E-state index in [1.165, 1.54) is 28.2 Å². The van der Waals surface area contributed by atoms with Crippen molar-refractivity contribution < 1.29 is 9.47 Å². The molecule has 7 nitrogen and oxygen atoms in total. The maximum atomic E-state index is 6.12. The third-order valence-electron chi connectivity index (χ3n) is 8.74. The van der Waals surface area contributed by atoms with Crippen molar-refractivity contribution in [2.45, 2.75) is 32.9 Å². The fourth-order valence-corrected chi connectivity index (χ4v) is 6.83. The second-order valence-electron chi connectivity index (χ2n) is 11.7. The molecule has 45 heavy (non-hydrogen) atoms. The van der Waals surface area contributed by atoms with Crippen molar-refractivity contribution in [3.63, 3.8) is 0 Å². The number of nitrogens with one attached hydrogen (secondary N) is 1. The van der Waals surface area contributed by atoms with Gasteiger partial charge in [-0.05, 0) is 117 Å². The van der Waals surface area contributed by atoms with Crippen LogP contribution in [0.1, 0.15) is 40.3 Å². The van der Waals surface area contributed by atoms with Gasteiger partial charge < -0.3 is 29.2 Å². The number of nitrogens with zero attached hydrogens (tertiary/aromatic N) is 4. The van der Waals surface area contributed by atoms with Gasteiger partial charge in [0.15, 0.2) is 5.11 Å². The largest absolute Gasteiger partial charge is 0.457 e. The lowest BCUT2D eigenvalue weighted by molar-refractivity contribution is 0.122. The molecule has 3 aromatic carbocycles. The summed E-state index contributed by atoms with van der Waals surface area (Å²) in [6.07, 6.45) is 1.84. The van der Waals surface area contributed by atoms with Crippen LogP contribution in [0.25, 0.3) is 5.69 Å². The van der Waals surface area contributed by atoms with Crippen LogP contribution in [0.2, 0.25) is 0 Å². The van der Waals surface area contributed by atoms with E-state index in [9.17, 15) is 0 Å². The van der Waals surface area contributed by atoms with E-state index in [2.05, 4.69) is 101 Å². The molecule has 8 heteroatoms. The number of ether oxygens (including phenoxy) is 2. The standard InChI is InChI=1S/C37H37N5O2S/c1-25-7-15-31(16-8-25)44-32-17-13-30(14-18-32)42-36(35(39-37(42)45)34-6-4-5-19-38-34)33-24-26(2)41(27(33)3)29-11-9-28(10-12-29)40-20-22-43-23-21-40/h4-19,24,35-36H,20-23H2,1-3H3,(H,39,45)/t35-,36-/m1/s1. The van der Waals surface area contributed by atoms with Gasteiger partial charge in [-0.25, -0.2) is 0 Å². The van der Waals surface area contributed by atoms with Crippen LogP contribution in [0.5, 0.6) is 11.5 Å². The molecule has 0 unspecified atom stereocenters. The Balaban J connectivity index is 1.23. The lowest BCUT2D eigenvalue weighted by atomic mass is 9.96. The number of aryl methyl sites for hydroxylation is 2. The molecule has 0 aliphatic carbocycles. The smallest absolute Gasteiger partial charge is 0.174 e. The van der Waals surface area contributed by atoms with E-state index in [1.54, 1.807) is 0 Å². The van der Waals surface area contributed by atoms with Crippen LogP contribution in [-0.2, 0) is 4.74 Å². The van der Waals surface area contributed by atoms with Gasteiger partial charge in [0, 0.05) is 47.7 Å². The van der Waals surface area contributed by atoms with E-state index in [-0.39, 0.29) is 12.1 Å². The molecule has 2 saturated heterocycles. The average Bonchev–Trinajstić information content (AvgIpc) is 3.57. The molecule has 2 fully saturated rings. The Morgan fingerprint density at radius 3 is 2.11 bits per heavy atom. The third kappa shape index (κ3) is 5.79. The zero-order chi connectivity index (χ0) is 30.9. The number of hydrogen-bond acceptors (Lipinski definition) is 5. The molecular weight excluding hydrogens is 579 g/mol. The molecule has 2 atom stereocenters. The van der Waals surface area contributed by atoms with Crippen molar-refractivity contribution >= 4 is 28.7 Å². The van der Waals surface area contributed by atoms with E-state index in [0.717, 1.165) is 54.9 Å².